The molecule has 8 heterocycles. The largest absolute Gasteiger partial charge is 0.496 e. The van der Waals surface area contributed by atoms with Gasteiger partial charge in [-0.3, -0.25) is 0 Å². The second kappa shape index (κ2) is 13.5. The van der Waals surface area contributed by atoms with Crippen LogP contribution in [0.5, 0.6) is 11.5 Å². The molecule has 0 amide bonds. The van der Waals surface area contributed by atoms with Gasteiger partial charge in [0.25, 0.3) is 0 Å². The second-order valence-electron chi connectivity index (χ2n) is 15.5. The predicted octanol–water partition coefficient (Wildman–Crippen LogP) is 8.83. The molecule has 12 aromatic rings. The van der Waals surface area contributed by atoms with Crippen LogP contribution < -0.4 is 9.47 Å². The van der Waals surface area contributed by atoms with Crippen LogP contribution in [-0.4, -0.2) is 78.8 Å². The molecule has 0 aliphatic carbocycles. The molecule has 12 rings (SSSR count). The van der Waals surface area contributed by atoms with Crippen LogP contribution in [0.4, 0.5) is 0 Å². The molecule has 0 spiro atoms. The highest BCUT2D eigenvalue weighted by molar-refractivity contribution is 6.15. The summed E-state index contributed by atoms with van der Waals surface area (Å²) in [4.78, 5) is 22.9. The molecule has 0 aliphatic rings. The quantitative estimate of drug-likeness (QED) is 0.153. The lowest BCUT2D eigenvalue weighted by atomic mass is 10.00. The number of hydrogen-bond donors (Lipinski definition) is 1. The average Bonchev–Trinajstić information content (AvgIpc) is 4.16. The van der Waals surface area contributed by atoms with Gasteiger partial charge in [-0.2, -0.15) is 9.78 Å². The Kier molecular flexibility index (Phi) is 7.81. The van der Waals surface area contributed by atoms with Crippen LogP contribution in [0.3, 0.4) is 0 Å². The Morgan fingerprint density at radius 3 is 2.06 bits per heavy atom. The number of rotatable bonds is 8. The number of benzene rings is 4. The fourth-order valence-electron chi connectivity index (χ4n) is 9.19. The zero-order chi connectivity index (χ0) is 42.7. The molecule has 63 heavy (non-hydrogen) atoms. The smallest absolute Gasteiger partial charge is 0.169 e. The zero-order valence-corrected chi connectivity index (χ0v) is 34.8. The van der Waals surface area contributed by atoms with Gasteiger partial charge in [-0.1, -0.05) is 45.9 Å². The normalized spacial score (nSPS) is 12.0. The summed E-state index contributed by atoms with van der Waals surface area (Å²) in [6, 6.07) is 24.1. The van der Waals surface area contributed by atoms with Gasteiger partial charge in [0.15, 0.2) is 5.82 Å². The molecule has 0 unspecified atom stereocenters. The molecular weight excluding hydrogens is 799 g/mol. The first kappa shape index (κ1) is 36.4. The zero-order valence-electron chi connectivity index (χ0n) is 34.8. The summed E-state index contributed by atoms with van der Waals surface area (Å²) in [6.07, 6.45) is 3.12. The lowest BCUT2D eigenvalue weighted by molar-refractivity contribution is 0.393. The molecule has 8 aromatic heterocycles. The van der Waals surface area contributed by atoms with E-state index in [4.69, 9.17) is 38.6 Å². The lowest BCUT2D eigenvalue weighted by Crippen LogP contribution is -2.10. The monoisotopic (exact) mass is 833 g/mol. The van der Waals surface area contributed by atoms with Crippen molar-refractivity contribution in [3.05, 3.63) is 108 Å². The van der Waals surface area contributed by atoms with Crippen molar-refractivity contribution in [3.8, 4) is 51.0 Å². The van der Waals surface area contributed by atoms with E-state index in [9.17, 15) is 0 Å². The molecule has 0 saturated heterocycles. The van der Waals surface area contributed by atoms with Crippen molar-refractivity contribution < 1.29 is 18.5 Å². The van der Waals surface area contributed by atoms with E-state index >= 15 is 0 Å². The Balaban J connectivity index is 1.09. The third kappa shape index (κ3) is 5.25. The number of nitrogens with zero attached hydrogens (tertiary/aromatic N) is 12. The van der Waals surface area contributed by atoms with Crippen LogP contribution >= 0.6 is 0 Å². The Labute approximate surface area is 355 Å². The van der Waals surface area contributed by atoms with Crippen LogP contribution in [0.25, 0.3) is 105 Å². The molecule has 1 N–H and O–H groups in total. The van der Waals surface area contributed by atoms with Crippen molar-refractivity contribution in [1.29, 1.82) is 0 Å². The topological polar surface area (TPSA) is 191 Å². The van der Waals surface area contributed by atoms with Crippen molar-refractivity contribution >= 4 is 65.8 Å². The van der Waals surface area contributed by atoms with Crippen molar-refractivity contribution in [1.82, 2.24) is 64.6 Å². The van der Waals surface area contributed by atoms with E-state index in [1.807, 2.05) is 80.9 Å². The number of methoxy groups -OCH3 is 2. The fraction of sp³-hybridized carbons (Fsp3) is 0.152. The van der Waals surface area contributed by atoms with Crippen LogP contribution in [0.2, 0.25) is 0 Å². The fourth-order valence-corrected chi connectivity index (χ4v) is 9.19. The maximum atomic E-state index is 6.08. The van der Waals surface area contributed by atoms with Gasteiger partial charge in [-0.15, -0.1) is 5.10 Å². The maximum absolute atomic E-state index is 6.08. The summed E-state index contributed by atoms with van der Waals surface area (Å²) in [7, 11) is 3.32. The minimum atomic E-state index is 0.263. The van der Waals surface area contributed by atoms with E-state index in [0.29, 0.717) is 51.5 Å². The van der Waals surface area contributed by atoms with Gasteiger partial charge < -0.3 is 28.1 Å². The average molecular weight is 834 g/mol. The van der Waals surface area contributed by atoms with E-state index in [0.717, 1.165) is 88.2 Å². The number of aromatic amines is 1. The minimum absolute atomic E-state index is 0.263. The number of para-hydroxylation sites is 2. The molecule has 0 aliphatic heterocycles. The Morgan fingerprint density at radius 1 is 0.651 bits per heavy atom. The third-order valence-corrected chi connectivity index (χ3v) is 12.0. The summed E-state index contributed by atoms with van der Waals surface area (Å²) in [6.45, 7) is 7.90. The highest BCUT2D eigenvalue weighted by Crippen LogP contribution is 2.44. The second-order valence-corrected chi connectivity index (χ2v) is 15.5. The van der Waals surface area contributed by atoms with E-state index < -0.39 is 0 Å². The molecule has 0 saturated carbocycles. The first-order chi connectivity index (χ1) is 30.8. The number of hydrogen-bond acceptors (Lipinski definition) is 13. The van der Waals surface area contributed by atoms with Crippen LogP contribution in [0.15, 0.2) is 94.5 Å². The predicted molar refractivity (Wildman–Crippen MR) is 236 cm³/mol. The van der Waals surface area contributed by atoms with Gasteiger partial charge in [0, 0.05) is 32.8 Å². The SMILES string of the molecule is COc1cc2c(cc1-c1c(C)noc1C)[nH]c1ncnc(-c3nn(Cn4c5cc(-c6c(C)noc6C)c(OC)cc5c5c(-n6nnc7ccccc76)ncnc54)c4ccccc34)c12. The molecular formula is C46H35N13O4. The summed E-state index contributed by atoms with van der Waals surface area (Å²) < 4.78 is 29.1. The van der Waals surface area contributed by atoms with Crippen LogP contribution in [0, 0.1) is 27.7 Å². The molecule has 0 radical (unpaired) electrons. The van der Waals surface area contributed by atoms with Crippen molar-refractivity contribution in [2.75, 3.05) is 14.2 Å². The van der Waals surface area contributed by atoms with Crippen molar-refractivity contribution in [2.24, 2.45) is 0 Å². The number of aryl methyl sites for hydroxylation is 4. The first-order valence-electron chi connectivity index (χ1n) is 20.1. The summed E-state index contributed by atoms with van der Waals surface area (Å²) in [5.74, 6) is 3.27. The summed E-state index contributed by atoms with van der Waals surface area (Å²) in [5, 5.41) is 27.1. The van der Waals surface area contributed by atoms with Crippen molar-refractivity contribution in [2.45, 2.75) is 34.4 Å². The van der Waals surface area contributed by atoms with Gasteiger partial charge in [-0.25, -0.2) is 24.6 Å². The Bertz CT molecular complexity index is 3790. The molecule has 4 aromatic carbocycles. The third-order valence-electron chi connectivity index (χ3n) is 12.0. The number of ether oxygens (including phenoxy) is 2. The molecule has 17 nitrogen and oxygen atoms in total. The molecule has 0 fully saturated rings. The van der Waals surface area contributed by atoms with Gasteiger partial charge in [-0.05, 0) is 70.2 Å². The summed E-state index contributed by atoms with van der Waals surface area (Å²) in [5.41, 5.74) is 11.8. The lowest BCUT2D eigenvalue weighted by Gasteiger charge is -2.12. The number of fused-ring (bicyclic) bond motifs is 8. The first-order valence-corrected chi connectivity index (χ1v) is 20.1. The van der Waals surface area contributed by atoms with E-state index in [1.165, 1.54) is 0 Å². The highest BCUT2D eigenvalue weighted by Gasteiger charge is 2.27. The van der Waals surface area contributed by atoms with E-state index in [2.05, 4.69) is 59.4 Å². The van der Waals surface area contributed by atoms with Gasteiger partial charge in [0.1, 0.15) is 70.5 Å². The van der Waals surface area contributed by atoms with Crippen LogP contribution in [-0.2, 0) is 6.67 Å². The van der Waals surface area contributed by atoms with Crippen LogP contribution in [0.1, 0.15) is 22.9 Å². The Hall–Kier alpha value is -8.47. The number of H-pyrrole nitrogens is 1. The molecule has 0 atom stereocenters. The van der Waals surface area contributed by atoms with E-state index in [-0.39, 0.29) is 6.67 Å². The van der Waals surface area contributed by atoms with Gasteiger partial charge >= 0.3 is 0 Å². The standard InChI is InChI=1S/C46H35N13O4/c1-22-38(24(3)62-54-22)29-15-32-27(17-36(29)60-5)40-43(47-19-48-44(40)51-32)42-26-11-7-9-13-33(26)58(53-42)21-57-35-16-30(39-23(2)55-63-25(39)4)37(61-6)18-28(35)41-45(57)49-20-50-46(41)59-34-14-10-8-12-31(34)52-56-59/h7-20H,21H2,1-6H3,(H,47,48,51). The summed E-state index contributed by atoms with van der Waals surface area (Å²) >= 11 is 0. The number of nitrogens with one attached hydrogen (secondary N) is 1. The molecule has 17 heteroatoms. The van der Waals surface area contributed by atoms with Crippen molar-refractivity contribution in [3.63, 3.8) is 0 Å². The minimum Gasteiger partial charge on any atom is -0.496 e. The van der Waals surface area contributed by atoms with Gasteiger partial charge in [0.05, 0.1) is 64.1 Å². The highest BCUT2D eigenvalue weighted by atomic mass is 16.5. The molecule has 0 bridgehead atoms. The van der Waals surface area contributed by atoms with E-state index in [1.54, 1.807) is 31.6 Å². The van der Waals surface area contributed by atoms with Gasteiger partial charge in [0.2, 0.25) is 0 Å². The number of aromatic nitrogens is 13. The Morgan fingerprint density at radius 2 is 1.33 bits per heavy atom. The molecule has 308 valence electrons. The maximum Gasteiger partial charge on any atom is 0.169 e.